The summed E-state index contributed by atoms with van der Waals surface area (Å²) in [7, 11) is 0. The molecule has 106 valence electrons. The number of aryl methyl sites for hydroxylation is 1. The van der Waals surface area contributed by atoms with Crippen LogP contribution in [-0.2, 0) is 0 Å². The molecule has 2 aromatic carbocycles. The third kappa shape index (κ3) is 3.02. The number of nitrogens with zero attached hydrogens (tertiary/aromatic N) is 1. The highest BCUT2D eigenvalue weighted by Gasteiger charge is 2.15. The molecule has 0 amide bonds. The van der Waals surface area contributed by atoms with E-state index in [0.29, 0.717) is 0 Å². The molecule has 2 nitrogen and oxygen atoms in total. The van der Waals surface area contributed by atoms with Gasteiger partial charge in [0.25, 0.3) is 0 Å². The van der Waals surface area contributed by atoms with Crippen molar-refractivity contribution < 1.29 is 5.11 Å². The van der Waals surface area contributed by atoms with Crippen LogP contribution >= 0.6 is 0 Å². The summed E-state index contributed by atoms with van der Waals surface area (Å²) in [6.07, 6.45) is 0.313. The van der Waals surface area contributed by atoms with Crippen LogP contribution in [0.1, 0.15) is 37.5 Å². The molecule has 20 heavy (non-hydrogen) atoms. The second-order valence-electron chi connectivity index (χ2n) is 5.07. The summed E-state index contributed by atoms with van der Waals surface area (Å²) in [5.41, 5.74) is 4.51. The summed E-state index contributed by atoms with van der Waals surface area (Å²) in [6, 6.07) is 16.6. The number of rotatable bonds is 5. The fraction of sp³-hybridized carbons (Fsp3) is 0.333. The molecule has 0 saturated heterocycles. The Balaban J connectivity index is 2.47. The third-order valence-corrected chi connectivity index (χ3v) is 3.60. The zero-order valence-electron chi connectivity index (χ0n) is 12.5. The molecule has 2 rings (SSSR count). The Hall–Kier alpha value is -1.80. The van der Waals surface area contributed by atoms with Gasteiger partial charge in [-0.3, -0.25) is 0 Å². The average molecular weight is 269 g/mol. The van der Waals surface area contributed by atoms with Crippen molar-refractivity contribution in [1.82, 2.24) is 0 Å². The molecule has 0 bridgehead atoms. The molecule has 0 fully saturated rings. The normalized spacial score (nSPS) is 12.2. The van der Waals surface area contributed by atoms with E-state index < -0.39 is 6.10 Å². The number of aliphatic hydroxyl groups is 1. The lowest BCUT2D eigenvalue weighted by atomic mass is 10.0. The molecule has 0 spiro atoms. The van der Waals surface area contributed by atoms with Crippen LogP contribution < -0.4 is 4.90 Å². The van der Waals surface area contributed by atoms with Gasteiger partial charge in [-0.25, -0.2) is 0 Å². The summed E-state index contributed by atoms with van der Waals surface area (Å²) in [5.74, 6) is 0. The van der Waals surface area contributed by atoms with E-state index in [1.165, 1.54) is 11.3 Å². The topological polar surface area (TPSA) is 23.5 Å². The van der Waals surface area contributed by atoms with Gasteiger partial charge >= 0.3 is 0 Å². The Morgan fingerprint density at radius 3 is 2.45 bits per heavy atom. The zero-order valence-corrected chi connectivity index (χ0v) is 12.5. The van der Waals surface area contributed by atoms with Crippen LogP contribution in [-0.4, -0.2) is 11.7 Å². The van der Waals surface area contributed by atoms with Crippen LogP contribution in [0.3, 0.4) is 0 Å². The lowest BCUT2D eigenvalue weighted by molar-refractivity contribution is 0.174. The molecule has 0 aliphatic rings. The lowest BCUT2D eigenvalue weighted by Crippen LogP contribution is -2.18. The van der Waals surface area contributed by atoms with E-state index >= 15 is 0 Å². The van der Waals surface area contributed by atoms with Crippen molar-refractivity contribution in [1.29, 1.82) is 0 Å². The van der Waals surface area contributed by atoms with Crippen LogP contribution in [0.4, 0.5) is 11.4 Å². The summed E-state index contributed by atoms with van der Waals surface area (Å²) >= 11 is 0. The van der Waals surface area contributed by atoms with Crippen LogP contribution in [0.5, 0.6) is 0 Å². The first kappa shape index (κ1) is 14.6. The SMILES string of the molecule is CC[C@@H](O)c1ccccc1N(CC)c1cccc(C)c1. The number of aliphatic hydroxyl groups excluding tert-OH is 1. The largest absolute Gasteiger partial charge is 0.388 e. The van der Waals surface area contributed by atoms with Crippen molar-refractivity contribution in [2.45, 2.75) is 33.3 Å². The van der Waals surface area contributed by atoms with E-state index in [4.69, 9.17) is 0 Å². The van der Waals surface area contributed by atoms with Gasteiger partial charge in [0, 0.05) is 23.5 Å². The van der Waals surface area contributed by atoms with Gasteiger partial charge in [-0.2, -0.15) is 0 Å². The monoisotopic (exact) mass is 269 g/mol. The van der Waals surface area contributed by atoms with Gasteiger partial charge in [-0.15, -0.1) is 0 Å². The molecule has 0 saturated carbocycles. The van der Waals surface area contributed by atoms with Gasteiger partial charge in [-0.05, 0) is 44.0 Å². The highest BCUT2D eigenvalue weighted by Crippen LogP contribution is 2.33. The average Bonchev–Trinajstić information content (AvgIpc) is 2.48. The van der Waals surface area contributed by atoms with E-state index in [2.05, 4.69) is 49.1 Å². The van der Waals surface area contributed by atoms with Crippen LogP contribution in [0.2, 0.25) is 0 Å². The number of hydrogen-bond donors (Lipinski definition) is 1. The highest BCUT2D eigenvalue weighted by atomic mass is 16.3. The number of benzene rings is 2. The van der Waals surface area contributed by atoms with Crippen molar-refractivity contribution in [3.63, 3.8) is 0 Å². The van der Waals surface area contributed by atoms with Gasteiger partial charge in [-0.1, -0.05) is 37.3 Å². The standard InChI is InChI=1S/C18H23NO/c1-4-18(20)16-11-6-7-12-17(16)19(5-2)15-10-8-9-14(3)13-15/h6-13,18,20H,4-5H2,1-3H3/t18-/m1/s1. The van der Waals surface area contributed by atoms with E-state index in [0.717, 1.165) is 24.2 Å². The molecule has 0 aliphatic heterocycles. The molecule has 1 atom stereocenters. The van der Waals surface area contributed by atoms with Gasteiger partial charge in [0.1, 0.15) is 0 Å². The minimum atomic E-state index is -0.412. The molecular formula is C18H23NO. The first-order valence-corrected chi connectivity index (χ1v) is 7.28. The van der Waals surface area contributed by atoms with Gasteiger partial charge in [0.2, 0.25) is 0 Å². The summed E-state index contributed by atoms with van der Waals surface area (Å²) in [6.45, 7) is 7.11. The number of para-hydroxylation sites is 1. The summed E-state index contributed by atoms with van der Waals surface area (Å²) in [4.78, 5) is 2.25. The smallest absolute Gasteiger partial charge is 0.0807 e. The summed E-state index contributed by atoms with van der Waals surface area (Å²) in [5, 5.41) is 10.2. The van der Waals surface area contributed by atoms with Crippen LogP contribution in [0, 0.1) is 6.92 Å². The quantitative estimate of drug-likeness (QED) is 0.857. The molecular weight excluding hydrogens is 246 g/mol. The van der Waals surface area contributed by atoms with Crippen molar-refractivity contribution in [2.75, 3.05) is 11.4 Å². The van der Waals surface area contributed by atoms with Crippen molar-refractivity contribution in [3.8, 4) is 0 Å². The molecule has 0 unspecified atom stereocenters. The van der Waals surface area contributed by atoms with Gasteiger partial charge < -0.3 is 10.0 Å². The third-order valence-electron chi connectivity index (χ3n) is 3.60. The fourth-order valence-corrected chi connectivity index (χ4v) is 2.52. The Bertz CT molecular complexity index is 565. The molecule has 2 aromatic rings. The van der Waals surface area contributed by atoms with Crippen LogP contribution in [0.25, 0.3) is 0 Å². The number of anilines is 2. The van der Waals surface area contributed by atoms with Crippen molar-refractivity contribution in [2.24, 2.45) is 0 Å². The molecule has 0 aromatic heterocycles. The second-order valence-corrected chi connectivity index (χ2v) is 5.07. The molecule has 0 aliphatic carbocycles. The Kier molecular flexibility index (Phi) is 4.80. The van der Waals surface area contributed by atoms with E-state index in [-0.39, 0.29) is 0 Å². The van der Waals surface area contributed by atoms with E-state index in [1.807, 2.05) is 25.1 Å². The Labute approximate surface area is 121 Å². The molecule has 0 radical (unpaired) electrons. The maximum atomic E-state index is 10.2. The van der Waals surface area contributed by atoms with Crippen molar-refractivity contribution in [3.05, 3.63) is 59.7 Å². The van der Waals surface area contributed by atoms with E-state index in [9.17, 15) is 5.11 Å². The zero-order chi connectivity index (χ0) is 14.5. The predicted molar refractivity (Wildman–Crippen MR) is 85.6 cm³/mol. The minimum Gasteiger partial charge on any atom is -0.388 e. The molecule has 1 N–H and O–H groups in total. The highest BCUT2D eigenvalue weighted by molar-refractivity contribution is 5.67. The number of hydrogen-bond acceptors (Lipinski definition) is 2. The predicted octanol–water partition coefficient (Wildman–Crippen LogP) is 4.60. The van der Waals surface area contributed by atoms with E-state index in [1.54, 1.807) is 0 Å². The maximum absolute atomic E-state index is 10.2. The second kappa shape index (κ2) is 6.58. The van der Waals surface area contributed by atoms with Gasteiger partial charge in [0.05, 0.1) is 6.10 Å². The molecule has 2 heteroatoms. The summed E-state index contributed by atoms with van der Waals surface area (Å²) < 4.78 is 0. The minimum absolute atomic E-state index is 0.412. The Morgan fingerprint density at radius 2 is 1.80 bits per heavy atom. The fourth-order valence-electron chi connectivity index (χ4n) is 2.52. The van der Waals surface area contributed by atoms with Crippen LogP contribution in [0.15, 0.2) is 48.5 Å². The first-order chi connectivity index (χ1) is 9.67. The maximum Gasteiger partial charge on any atom is 0.0807 e. The molecule has 0 heterocycles. The Morgan fingerprint density at radius 1 is 1.05 bits per heavy atom. The van der Waals surface area contributed by atoms with Crippen molar-refractivity contribution >= 4 is 11.4 Å². The first-order valence-electron chi connectivity index (χ1n) is 7.28. The lowest BCUT2D eigenvalue weighted by Gasteiger charge is -2.27. The van der Waals surface area contributed by atoms with Gasteiger partial charge in [0.15, 0.2) is 0 Å².